The molecule has 2 aromatic rings. The van der Waals surface area contributed by atoms with Crippen molar-refractivity contribution in [3.8, 4) is 11.5 Å². The average molecular weight is 330 g/mol. The maximum Gasteiger partial charge on any atom is 0.170 e. The number of anilines is 1. The van der Waals surface area contributed by atoms with Crippen molar-refractivity contribution in [2.75, 3.05) is 25.6 Å². The molecule has 0 saturated heterocycles. The molecule has 2 N–H and O–H groups in total. The molecule has 0 atom stereocenters. The normalized spacial score (nSPS) is 10.0. The quantitative estimate of drug-likeness (QED) is 0.625. The highest BCUT2D eigenvalue weighted by Crippen LogP contribution is 2.18. The highest BCUT2D eigenvalue weighted by Gasteiger charge is 2.01. The van der Waals surface area contributed by atoms with Crippen molar-refractivity contribution in [2.45, 2.75) is 13.8 Å². The molecule has 4 nitrogen and oxygen atoms in total. The van der Waals surface area contributed by atoms with E-state index < -0.39 is 0 Å². The van der Waals surface area contributed by atoms with E-state index in [-0.39, 0.29) is 0 Å². The van der Waals surface area contributed by atoms with Gasteiger partial charge in [0.05, 0.1) is 13.7 Å². The highest BCUT2D eigenvalue weighted by molar-refractivity contribution is 7.80. The van der Waals surface area contributed by atoms with Gasteiger partial charge in [-0.3, -0.25) is 0 Å². The monoisotopic (exact) mass is 330 g/mol. The van der Waals surface area contributed by atoms with E-state index in [1.165, 1.54) is 5.56 Å². The third kappa shape index (κ3) is 5.45. The predicted molar refractivity (Wildman–Crippen MR) is 98.6 cm³/mol. The fourth-order valence-corrected chi connectivity index (χ4v) is 2.36. The van der Waals surface area contributed by atoms with Gasteiger partial charge in [0.1, 0.15) is 18.1 Å². The molecule has 23 heavy (non-hydrogen) atoms. The van der Waals surface area contributed by atoms with Crippen LogP contribution in [0.4, 0.5) is 5.69 Å². The minimum Gasteiger partial charge on any atom is -0.497 e. The number of hydrogen-bond donors (Lipinski definition) is 2. The van der Waals surface area contributed by atoms with E-state index in [0.29, 0.717) is 18.3 Å². The highest BCUT2D eigenvalue weighted by atomic mass is 32.1. The minimum absolute atomic E-state index is 0.550. The fourth-order valence-electron chi connectivity index (χ4n) is 2.14. The predicted octanol–water partition coefficient (Wildman–Crippen LogP) is 3.68. The molecule has 0 radical (unpaired) electrons. The van der Waals surface area contributed by atoms with Gasteiger partial charge in [-0.05, 0) is 62.0 Å². The van der Waals surface area contributed by atoms with Crippen LogP contribution in [-0.2, 0) is 0 Å². The second-order valence-corrected chi connectivity index (χ2v) is 5.64. The van der Waals surface area contributed by atoms with E-state index in [9.17, 15) is 0 Å². The summed E-state index contributed by atoms with van der Waals surface area (Å²) >= 11 is 5.26. The molecule has 5 heteroatoms. The SMILES string of the molecule is COc1ccc(NC(=S)NCCOc2ccc(C)cc2C)cc1. The fraction of sp³-hybridized carbons (Fsp3) is 0.278. The molecule has 0 aliphatic carbocycles. The Kier molecular flexibility index (Phi) is 6.23. The largest absolute Gasteiger partial charge is 0.497 e. The summed E-state index contributed by atoms with van der Waals surface area (Å²) in [6.45, 7) is 5.30. The van der Waals surface area contributed by atoms with Crippen LogP contribution in [0, 0.1) is 13.8 Å². The molecule has 0 spiro atoms. The lowest BCUT2D eigenvalue weighted by molar-refractivity contribution is 0.320. The molecule has 0 fully saturated rings. The Labute approximate surface area is 142 Å². The van der Waals surface area contributed by atoms with E-state index >= 15 is 0 Å². The Balaban J connectivity index is 1.72. The van der Waals surface area contributed by atoms with Crippen LogP contribution in [0.25, 0.3) is 0 Å². The van der Waals surface area contributed by atoms with Crippen LogP contribution in [0.1, 0.15) is 11.1 Å². The Morgan fingerprint density at radius 3 is 2.48 bits per heavy atom. The molecule has 0 bridgehead atoms. The van der Waals surface area contributed by atoms with E-state index in [2.05, 4.69) is 23.6 Å². The molecular formula is C18H22N2O2S. The van der Waals surface area contributed by atoms with Crippen molar-refractivity contribution in [1.82, 2.24) is 5.32 Å². The molecule has 0 aliphatic rings. The molecule has 2 rings (SSSR count). The molecule has 0 heterocycles. The second kappa shape index (κ2) is 8.39. The van der Waals surface area contributed by atoms with E-state index in [0.717, 1.165) is 22.7 Å². The van der Waals surface area contributed by atoms with Crippen LogP contribution in [0.5, 0.6) is 11.5 Å². The summed E-state index contributed by atoms with van der Waals surface area (Å²) in [4.78, 5) is 0. The summed E-state index contributed by atoms with van der Waals surface area (Å²) in [5, 5.41) is 6.81. The first kappa shape index (κ1) is 17.1. The summed E-state index contributed by atoms with van der Waals surface area (Å²) in [5.74, 6) is 1.72. The van der Waals surface area contributed by atoms with E-state index in [4.69, 9.17) is 21.7 Å². The lowest BCUT2D eigenvalue weighted by Crippen LogP contribution is -2.31. The molecular weight excluding hydrogens is 308 g/mol. The van der Waals surface area contributed by atoms with Gasteiger partial charge in [-0.15, -0.1) is 0 Å². The van der Waals surface area contributed by atoms with Gasteiger partial charge >= 0.3 is 0 Å². The van der Waals surface area contributed by atoms with Crippen LogP contribution in [0.2, 0.25) is 0 Å². The minimum atomic E-state index is 0.550. The lowest BCUT2D eigenvalue weighted by Gasteiger charge is -2.13. The maximum absolute atomic E-state index is 5.76. The Hall–Kier alpha value is -2.27. The zero-order valence-corrected chi connectivity index (χ0v) is 14.5. The second-order valence-electron chi connectivity index (χ2n) is 5.23. The first-order valence-electron chi connectivity index (χ1n) is 7.47. The third-order valence-electron chi connectivity index (χ3n) is 3.32. The van der Waals surface area contributed by atoms with Crippen LogP contribution in [-0.4, -0.2) is 25.4 Å². The first-order chi connectivity index (χ1) is 11.1. The van der Waals surface area contributed by atoms with Crippen molar-refractivity contribution in [3.05, 3.63) is 53.6 Å². The molecule has 0 unspecified atom stereocenters. The number of methoxy groups -OCH3 is 1. The van der Waals surface area contributed by atoms with Crippen molar-refractivity contribution >= 4 is 23.0 Å². The summed E-state index contributed by atoms with van der Waals surface area (Å²) in [7, 11) is 1.64. The smallest absolute Gasteiger partial charge is 0.170 e. The zero-order valence-electron chi connectivity index (χ0n) is 13.7. The maximum atomic E-state index is 5.76. The van der Waals surface area contributed by atoms with Crippen molar-refractivity contribution in [3.63, 3.8) is 0 Å². The number of ether oxygens (including phenoxy) is 2. The van der Waals surface area contributed by atoms with Crippen LogP contribution in [0.15, 0.2) is 42.5 Å². The van der Waals surface area contributed by atoms with E-state index in [1.807, 2.05) is 43.3 Å². The van der Waals surface area contributed by atoms with Crippen LogP contribution >= 0.6 is 12.2 Å². The number of rotatable bonds is 6. The van der Waals surface area contributed by atoms with Gasteiger partial charge in [0.25, 0.3) is 0 Å². The molecule has 2 aromatic carbocycles. The van der Waals surface area contributed by atoms with Crippen molar-refractivity contribution < 1.29 is 9.47 Å². The van der Waals surface area contributed by atoms with Crippen LogP contribution in [0.3, 0.4) is 0 Å². The van der Waals surface area contributed by atoms with Gasteiger partial charge in [0, 0.05) is 5.69 Å². The van der Waals surface area contributed by atoms with Crippen LogP contribution < -0.4 is 20.1 Å². The molecule has 0 aromatic heterocycles. The van der Waals surface area contributed by atoms with Gasteiger partial charge in [0.2, 0.25) is 0 Å². The Morgan fingerprint density at radius 2 is 1.83 bits per heavy atom. The number of nitrogens with one attached hydrogen (secondary N) is 2. The number of aryl methyl sites for hydroxylation is 2. The molecule has 0 saturated carbocycles. The molecule has 0 amide bonds. The molecule has 122 valence electrons. The Morgan fingerprint density at radius 1 is 1.09 bits per heavy atom. The van der Waals surface area contributed by atoms with Crippen molar-refractivity contribution in [1.29, 1.82) is 0 Å². The van der Waals surface area contributed by atoms with Gasteiger partial charge in [-0.2, -0.15) is 0 Å². The summed E-state index contributed by atoms with van der Waals surface area (Å²) in [5.41, 5.74) is 3.29. The number of hydrogen-bond acceptors (Lipinski definition) is 3. The van der Waals surface area contributed by atoms with Gasteiger partial charge in [0.15, 0.2) is 5.11 Å². The van der Waals surface area contributed by atoms with Gasteiger partial charge in [-0.25, -0.2) is 0 Å². The topological polar surface area (TPSA) is 42.5 Å². The third-order valence-corrected chi connectivity index (χ3v) is 3.57. The average Bonchev–Trinajstić information content (AvgIpc) is 2.54. The lowest BCUT2D eigenvalue weighted by atomic mass is 10.1. The Bertz CT molecular complexity index is 657. The van der Waals surface area contributed by atoms with Crippen molar-refractivity contribution in [2.24, 2.45) is 0 Å². The summed E-state index contributed by atoms with van der Waals surface area (Å²) in [6, 6.07) is 13.8. The van der Waals surface area contributed by atoms with Gasteiger partial charge in [-0.1, -0.05) is 17.7 Å². The molecule has 0 aliphatic heterocycles. The number of thiocarbonyl (C=S) groups is 1. The number of benzene rings is 2. The van der Waals surface area contributed by atoms with E-state index in [1.54, 1.807) is 7.11 Å². The first-order valence-corrected chi connectivity index (χ1v) is 7.88. The van der Waals surface area contributed by atoms with Gasteiger partial charge < -0.3 is 20.1 Å². The zero-order chi connectivity index (χ0) is 16.7. The summed E-state index contributed by atoms with van der Waals surface area (Å²) < 4.78 is 10.9. The standard InChI is InChI=1S/C18H22N2O2S/c1-13-4-9-17(14(2)12-13)22-11-10-19-18(23)20-15-5-7-16(21-3)8-6-15/h4-9,12H,10-11H2,1-3H3,(H2,19,20,23). The summed E-state index contributed by atoms with van der Waals surface area (Å²) in [6.07, 6.45) is 0.